The summed E-state index contributed by atoms with van der Waals surface area (Å²) in [7, 11) is 1.64. The molecule has 0 unspecified atom stereocenters. The molecule has 0 bridgehead atoms. The van der Waals surface area contributed by atoms with Crippen molar-refractivity contribution in [2.24, 2.45) is 5.92 Å². The van der Waals surface area contributed by atoms with E-state index >= 15 is 0 Å². The first-order chi connectivity index (χ1) is 14.7. The molecule has 0 saturated carbocycles. The first-order valence-corrected chi connectivity index (χ1v) is 11.1. The minimum Gasteiger partial charge on any atom is -0.497 e. The molecule has 30 heavy (non-hydrogen) atoms. The van der Waals surface area contributed by atoms with E-state index in [1.165, 1.54) is 18.2 Å². The van der Waals surface area contributed by atoms with E-state index in [-0.39, 0.29) is 5.91 Å². The molecule has 1 amide bonds. The summed E-state index contributed by atoms with van der Waals surface area (Å²) in [5.74, 6) is 2.46. The van der Waals surface area contributed by atoms with Gasteiger partial charge in [-0.3, -0.25) is 14.3 Å². The summed E-state index contributed by atoms with van der Waals surface area (Å²) in [6.45, 7) is 3.88. The number of likely N-dealkylation sites (tertiary alicyclic amines) is 1. The lowest BCUT2D eigenvalue weighted by Crippen LogP contribution is -2.40. The molecule has 3 aromatic rings. The molecule has 7 nitrogen and oxygen atoms in total. The van der Waals surface area contributed by atoms with Crippen molar-refractivity contribution < 1.29 is 9.53 Å². The third-order valence-corrected chi connectivity index (χ3v) is 6.11. The van der Waals surface area contributed by atoms with Gasteiger partial charge in [0.05, 0.1) is 18.6 Å². The summed E-state index contributed by atoms with van der Waals surface area (Å²) in [4.78, 5) is 19.1. The first-order valence-electron chi connectivity index (χ1n) is 10.1. The molecule has 3 heterocycles. The Morgan fingerprint density at radius 3 is 2.73 bits per heavy atom. The second-order valence-corrected chi connectivity index (χ2v) is 8.37. The zero-order valence-corrected chi connectivity index (χ0v) is 18.0. The molecule has 2 aromatic heterocycles. The SMILES string of the molecule is COc1ccc(-n2c(SCC(=O)N3CCC[C@H](C)C3)nnc2-c2ccccn2)cc1. The van der Waals surface area contributed by atoms with E-state index in [9.17, 15) is 4.79 Å². The van der Waals surface area contributed by atoms with Crippen molar-refractivity contribution in [2.45, 2.75) is 24.9 Å². The predicted molar refractivity (Wildman–Crippen MR) is 117 cm³/mol. The highest BCUT2D eigenvalue weighted by Crippen LogP contribution is 2.28. The number of carbonyl (C=O) groups excluding carboxylic acids is 1. The van der Waals surface area contributed by atoms with Gasteiger partial charge in [0.25, 0.3) is 0 Å². The van der Waals surface area contributed by atoms with Crippen LogP contribution in [0.5, 0.6) is 5.75 Å². The van der Waals surface area contributed by atoms with Gasteiger partial charge in [0, 0.05) is 19.3 Å². The van der Waals surface area contributed by atoms with Crippen molar-refractivity contribution in [1.82, 2.24) is 24.6 Å². The number of hydrogen-bond donors (Lipinski definition) is 0. The van der Waals surface area contributed by atoms with Gasteiger partial charge in [-0.1, -0.05) is 24.8 Å². The predicted octanol–water partition coefficient (Wildman–Crippen LogP) is 3.69. The maximum absolute atomic E-state index is 12.7. The second-order valence-electron chi connectivity index (χ2n) is 7.43. The number of ether oxygens (including phenoxy) is 1. The van der Waals surface area contributed by atoms with Crippen molar-refractivity contribution in [3.63, 3.8) is 0 Å². The van der Waals surface area contributed by atoms with Crippen LogP contribution in [0.2, 0.25) is 0 Å². The number of rotatable bonds is 6. The van der Waals surface area contributed by atoms with Gasteiger partial charge < -0.3 is 9.64 Å². The topological polar surface area (TPSA) is 73.1 Å². The van der Waals surface area contributed by atoms with Crippen molar-refractivity contribution >= 4 is 17.7 Å². The molecule has 0 aliphatic carbocycles. The van der Waals surface area contributed by atoms with Gasteiger partial charge in [-0.15, -0.1) is 10.2 Å². The van der Waals surface area contributed by atoms with Gasteiger partial charge in [-0.25, -0.2) is 0 Å². The molecule has 1 aliphatic heterocycles. The van der Waals surface area contributed by atoms with E-state index in [1.807, 2.05) is 51.9 Å². The maximum atomic E-state index is 12.7. The number of thioether (sulfide) groups is 1. The highest BCUT2D eigenvalue weighted by atomic mass is 32.2. The van der Waals surface area contributed by atoms with Gasteiger partial charge in [0.15, 0.2) is 11.0 Å². The van der Waals surface area contributed by atoms with E-state index in [4.69, 9.17) is 4.74 Å². The molecule has 8 heteroatoms. The quantitative estimate of drug-likeness (QED) is 0.563. The molecule has 1 aromatic carbocycles. The molecule has 0 N–H and O–H groups in total. The van der Waals surface area contributed by atoms with Gasteiger partial charge in [-0.05, 0) is 55.2 Å². The molecular weight excluding hydrogens is 398 g/mol. The second kappa shape index (κ2) is 9.30. The fraction of sp³-hybridized carbons (Fsp3) is 0.364. The number of hydrogen-bond acceptors (Lipinski definition) is 6. The number of piperidine rings is 1. The third-order valence-electron chi connectivity index (χ3n) is 5.19. The van der Waals surface area contributed by atoms with Gasteiger partial charge in [0.1, 0.15) is 11.4 Å². The Bertz CT molecular complexity index is 991. The largest absolute Gasteiger partial charge is 0.497 e. The van der Waals surface area contributed by atoms with E-state index in [1.54, 1.807) is 13.3 Å². The Kier molecular flexibility index (Phi) is 6.32. The van der Waals surface area contributed by atoms with Gasteiger partial charge in [0.2, 0.25) is 5.91 Å². The van der Waals surface area contributed by atoms with Crippen LogP contribution in [0.3, 0.4) is 0 Å². The van der Waals surface area contributed by atoms with Crippen LogP contribution < -0.4 is 4.74 Å². The zero-order chi connectivity index (χ0) is 20.9. The van der Waals surface area contributed by atoms with Crippen LogP contribution in [-0.4, -0.2) is 56.5 Å². The van der Waals surface area contributed by atoms with Gasteiger partial charge in [-0.2, -0.15) is 0 Å². The third kappa shape index (κ3) is 4.48. The summed E-state index contributed by atoms with van der Waals surface area (Å²) in [5.41, 5.74) is 1.62. The van der Waals surface area contributed by atoms with Crippen molar-refractivity contribution in [1.29, 1.82) is 0 Å². The van der Waals surface area contributed by atoms with Gasteiger partial charge >= 0.3 is 0 Å². The van der Waals surface area contributed by atoms with E-state index in [0.717, 1.165) is 36.6 Å². The average molecular weight is 424 g/mol. The molecule has 1 atom stereocenters. The molecular formula is C22H25N5O2S. The van der Waals surface area contributed by atoms with Crippen LogP contribution in [0, 0.1) is 5.92 Å². The first kappa shape index (κ1) is 20.4. The minimum atomic E-state index is 0.148. The fourth-order valence-corrected chi connectivity index (χ4v) is 4.48. The molecule has 1 fully saturated rings. The summed E-state index contributed by atoms with van der Waals surface area (Å²) >= 11 is 1.41. The Morgan fingerprint density at radius 2 is 2.03 bits per heavy atom. The average Bonchev–Trinajstić information content (AvgIpc) is 3.22. The normalized spacial score (nSPS) is 16.5. The lowest BCUT2D eigenvalue weighted by atomic mass is 10.0. The Balaban J connectivity index is 1.61. The van der Waals surface area contributed by atoms with Crippen molar-refractivity contribution in [3.05, 3.63) is 48.7 Å². The smallest absolute Gasteiger partial charge is 0.233 e. The number of methoxy groups -OCH3 is 1. The lowest BCUT2D eigenvalue weighted by Gasteiger charge is -2.30. The number of benzene rings is 1. The van der Waals surface area contributed by atoms with Crippen LogP contribution in [-0.2, 0) is 4.79 Å². The molecule has 1 saturated heterocycles. The fourth-order valence-electron chi connectivity index (χ4n) is 3.62. The number of amides is 1. The van der Waals surface area contributed by atoms with Crippen LogP contribution in [0.4, 0.5) is 0 Å². The summed E-state index contributed by atoms with van der Waals surface area (Å²) in [5, 5.41) is 9.42. The van der Waals surface area contributed by atoms with Crippen LogP contribution in [0.15, 0.2) is 53.8 Å². The Hall–Kier alpha value is -2.87. The lowest BCUT2D eigenvalue weighted by molar-refractivity contribution is -0.130. The molecule has 1 aliphatic rings. The highest BCUT2D eigenvalue weighted by Gasteiger charge is 2.23. The van der Waals surface area contributed by atoms with Crippen LogP contribution >= 0.6 is 11.8 Å². The van der Waals surface area contributed by atoms with Crippen LogP contribution in [0.25, 0.3) is 17.2 Å². The molecule has 0 radical (unpaired) electrons. The standard InChI is InChI=1S/C22H25N5O2S/c1-16-6-5-13-26(14-16)20(28)15-30-22-25-24-21(19-7-3-4-12-23-19)27(22)17-8-10-18(29-2)11-9-17/h3-4,7-12,16H,5-6,13-15H2,1-2H3/t16-/m0/s1. The number of carbonyl (C=O) groups is 1. The molecule has 156 valence electrons. The monoisotopic (exact) mass is 423 g/mol. The number of aromatic nitrogens is 4. The van der Waals surface area contributed by atoms with Crippen LogP contribution in [0.1, 0.15) is 19.8 Å². The molecule has 0 spiro atoms. The maximum Gasteiger partial charge on any atom is 0.233 e. The number of nitrogens with zero attached hydrogens (tertiary/aromatic N) is 5. The minimum absolute atomic E-state index is 0.148. The van der Waals surface area contributed by atoms with E-state index in [0.29, 0.717) is 22.7 Å². The Morgan fingerprint density at radius 1 is 1.20 bits per heavy atom. The highest BCUT2D eigenvalue weighted by molar-refractivity contribution is 7.99. The zero-order valence-electron chi connectivity index (χ0n) is 17.2. The summed E-state index contributed by atoms with van der Waals surface area (Å²) in [6.07, 6.45) is 4.00. The summed E-state index contributed by atoms with van der Waals surface area (Å²) < 4.78 is 7.22. The van der Waals surface area contributed by atoms with Crippen molar-refractivity contribution in [2.75, 3.05) is 26.0 Å². The Labute approximate surface area is 180 Å². The van der Waals surface area contributed by atoms with E-state index < -0.39 is 0 Å². The van der Waals surface area contributed by atoms with E-state index in [2.05, 4.69) is 22.1 Å². The molecule has 4 rings (SSSR count). The van der Waals surface area contributed by atoms with Crippen molar-refractivity contribution in [3.8, 4) is 23.0 Å². The number of pyridine rings is 1. The summed E-state index contributed by atoms with van der Waals surface area (Å²) in [6, 6.07) is 13.4.